The number of halogens is 1. The van der Waals surface area contributed by atoms with Gasteiger partial charge in [-0.05, 0) is 20.0 Å². The van der Waals surface area contributed by atoms with Crippen molar-refractivity contribution in [3.63, 3.8) is 0 Å². The van der Waals surface area contributed by atoms with Gasteiger partial charge in [0.1, 0.15) is 5.82 Å². The van der Waals surface area contributed by atoms with Crippen LogP contribution in [0.25, 0.3) is 0 Å². The van der Waals surface area contributed by atoms with Crippen molar-refractivity contribution >= 4 is 0 Å². The van der Waals surface area contributed by atoms with Crippen LogP contribution >= 0.6 is 0 Å². The molecule has 0 saturated carbocycles. The first-order valence-corrected chi connectivity index (χ1v) is 5.36. The minimum absolute atomic E-state index is 0.0252. The molecule has 0 radical (unpaired) electrons. The molecule has 3 N–H and O–H groups in total. The lowest BCUT2D eigenvalue weighted by Gasteiger charge is -2.29. The Morgan fingerprint density at radius 1 is 1.44 bits per heavy atom. The monoisotopic (exact) mass is 226 g/mol. The fourth-order valence-corrected chi connectivity index (χ4v) is 1.72. The van der Waals surface area contributed by atoms with Crippen LogP contribution in [0.2, 0.25) is 0 Å². The average Bonchev–Trinajstić information content (AvgIpc) is 2.22. The van der Waals surface area contributed by atoms with Crippen molar-refractivity contribution in [2.24, 2.45) is 5.73 Å². The van der Waals surface area contributed by atoms with E-state index >= 15 is 0 Å². The highest BCUT2D eigenvalue weighted by Crippen LogP contribution is 2.11. The molecular formula is C12H19FN2O. The van der Waals surface area contributed by atoms with Crippen molar-refractivity contribution in [1.29, 1.82) is 0 Å². The summed E-state index contributed by atoms with van der Waals surface area (Å²) in [5.74, 6) is -0.226. The number of nitrogens with zero attached hydrogens (tertiary/aromatic N) is 1. The lowest BCUT2D eigenvalue weighted by atomic mass is 10.1. The predicted molar refractivity (Wildman–Crippen MR) is 62.4 cm³/mol. The first kappa shape index (κ1) is 13.1. The average molecular weight is 226 g/mol. The molecule has 0 aliphatic carbocycles. The van der Waals surface area contributed by atoms with Gasteiger partial charge in [-0.25, -0.2) is 4.39 Å². The van der Waals surface area contributed by atoms with Crippen LogP contribution < -0.4 is 5.73 Å². The molecule has 1 aromatic rings. The van der Waals surface area contributed by atoms with E-state index in [0.717, 1.165) is 0 Å². The van der Waals surface area contributed by atoms with Crippen LogP contribution in [0.15, 0.2) is 24.3 Å². The van der Waals surface area contributed by atoms with E-state index in [1.165, 1.54) is 6.07 Å². The Morgan fingerprint density at radius 2 is 2.06 bits per heavy atom. The molecule has 0 aliphatic rings. The van der Waals surface area contributed by atoms with E-state index in [-0.39, 0.29) is 24.5 Å². The highest BCUT2D eigenvalue weighted by molar-refractivity contribution is 5.17. The second-order valence-corrected chi connectivity index (χ2v) is 4.12. The van der Waals surface area contributed by atoms with E-state index in [1.54, 1.807) is 18.2 Å². The molecule has 0 heterocycles. The molecule has 1 rings (SSSR count). The minimum atomic E-state index is -0.226. The fourth-order valence-electron chi connectivity index (χ4n) is 1.72. The van der Waals surface area contributed by atoms with Crippen molar-refractivity contribution in [3.8, 4) is 0 Å². The van der Waals surface area contributed by atoms with Gasteiger partial charge < -0.3 is 10.8 Å². The van der Waals surface area contributed by atoms with Crippen molar-refractivity contribution in [2.45, 2.75) is 25.6 Å². The SMILES string of the molecule is CC(N)C(CO)N(C)Cc1ccccc1F. The summed E-state index contributed by atoms with van der Waals surface area (Å²) in [5.41, 5.74) is 6.36. The Bertz CT molecular complexity index is 331. The van der Waals surface area contributed by atoms with Gasteiger partial charge in [-0.3, -0.25) is 4.90 Å². The van der Waals surface area contributed by atoms with Gasteiger partial charge in [0.05, 0.1) is 6.61 Å². The lowest BCUT2D eigenvalue weighted by Crippen LogP contribution is -2.46. The molecule has 4 heteroatoms. The lowest BCUT2D eigenvalue weighted by molar-refractivity contribution is 0.124. The Labute approximate surface area is 95.7 Å². The molecule has 1 aromatic carbocycles. The highest BCUT2D eigenvalue weighted by atomic mass is 19.1. The van der Waals surface area contributed by atoms with Gasteiger partial charge in [0.25, 0.3) is 0 Å². The van der Waals surface area contributed by atoms with Gasteiger partial charge in [-0.1, -0.05) is 18.2 Å². The third-order valence-electron chi connectivity index (χ3n) is 2.74. The first-order chi connectivity index (χ1) is 7.56. The summed E-state index contributed by atoms with van der Waals surface area (Å²) >= 11 is 0. The second kappa shape index (κ2) is 5.94. The van der Waals surface area contributed by atoms with Crippen LogP contribution in [0.5, 0.6) is 0 Å². The van der Waals surface area contributed by atoms with Crippen molar-refractivity contribution in [2.75, 3.05) is 13.7 Å². The van der Waals surface area contributed by atoms with Crippen LogP contribution in [-0.2, 0) is 6.54 Å². The molecule has 16 heavy (non-hydrogen) atoms. The van der Waals surface area contributed by atoms with E-state index in [9.17, 15) is 9.50 Å². The number of hydrogen-bond acceptors (Lipinski definition) is 3. The van der Waals surface area contributed by atoms with E-state index in [4.69, 9.17) is 5.73 Å². The number of aliphatic hydroxyl groups is 1. The van der Waals surface area contributed by atoms with Gasteiger partial charge in [-0.15, -0.1) is 0 Å². The van der Waals surface area contributed by atoms with E-state index in [1.807, 2.05) is 18.9 Å². The molecule has 0 saturated heterocycles. The third-order valence-corrected chi connectivity index (χ3v) is 2.74. The van der Waals surface area contributed by atoms with Crippen LogP contribution in [0.3, 0.4) is 0 Å². The second-order valence-electron chi connectivity index (χ2n) is 4.12. The van der Waals surface area contributed by atoms with Crippen molar-refractivity contribution < 1.29 is 9.50 Å². The van der Waals surface area contributed by atoms with Crippen molar-refractivity contribution in [1.82, 2.24) is 4.90 Å². The van der Waals surface area contributed by atoms with Gasteiger partial charge in [-0.2, -0.15) is 0 Å². The molecule has 2 unspecified atom stereocenters. The summed E-state index contributed by atoms with van der Waals surface area (Å²) < 4.78 is 13.4. The van der Waals surface area contributed by atoms with Crippen LogP contribution in [0.4, 0.5) is 4.39 Å². The Kier molecular flexibility index (Phi) is 4.86. The van der Waals surface area contributed by atoms with Gasteiger partial charge in [0.15, 0.2) is 0 Å². The number of nitrogens with two attached hydrogens (primary N) is 1. The Hall–Kier alpha value is -0.970. The maximum Gasteiger partial charge on any atom is 0.127 e. The summed E-state index contributed by atoms with van der Waals surface area (Å²) in [6, 6.07) is 6.33. The zero-order chi connectivity index (χ0) is 12.1. The summed E-state index contributed by atoms with van der Waals surface area (Å²) in [6.07, 6.45) is 0. The van der Waals surface area contributed by atoms with Crippen LogP contribution in [-0.4, -0.2) is 35.7 Å². The van der Waals surface area contributed by atoms with E-state index in [0.29, 0.717) is 12.1 Å². The van der Waals surface area contributed by atoms with Gasteiger partial charge >= 0.3 is 0 Å². The molecule has 0 amide bonds. The number of aliphatic hydroxyl groups excluding tert-OH is 1. The van der Waals surface area contributed by atoms with Gasteiger partial charge in [0.2, 0.25) is 0 Å². The number of likely N-dealkylation sites (N-methyl/N-ethyl adjacent to an activating group) is 1. The molecular weight excluding hydrogens is 207 g/mol. The number of rotatable bonds is 5. The van der Waals surface area contributed by atoms with Crippen molar-refractivity contribution in [3.05, 3.63) is 35.6 Å². The zero-order valence-corrected chi connectivity index (χ0v) is 9.73. The fraction of sp³-hybridized carbons (Fsp3) is 0.500. The predicted octanol–water partition coefficient (Wildman–Crippen LogP) is 0.966. The molecule has 3 nitrogen and oxygen atoms in total. The highest BCUT2D eigenvalue weighted by Gasteiger charge is 2.18. The summed E-state index contributed by atoms with van der Waals surface area (Å²) in [6.45, 7) is 2.25. The topological polar surface area (TPSA) is 49.5 Å². The molecule has 0 aromatic heterocycles. The zero-order valence-electron chi connectivity index (χ0n) is 9.73. The molecule has 2 atom stereocenters. The minimum Gasteiger partial charge on any atom is -0.395 e. The van der Waals surface area contributed by atoms with Crippen LogP contribution in [0.1, 0.15) is 12.5 Å². The maximum absolute atomic E-state index is 13.4. The van der Waals surface area contributed by atoms with E-state index in [2.05, 4.69) is 0 Å². The molecule has 0 bridgehead atoms. The molecule has 0 aliphatic heterocycles. The van der Waals surface area contributed by atoms with E-state index < -0.39 is 0 Å². The first-order valence-electron chi connectivity index (χ1n) is 5.36. The van der Waals surface area contributed by atoms with Gasteiger partial charge in [0, 0.05) is 24.2 Å². The quantitative estimate of drug-likeness (QED) is 0.786. The molecule has 0 fully saturated rings. The Morgan fingerprint density at radius 3 is 2.56 bits per heavy atom. The normalized spacial score (nSPS) is 15.1. The number of benzene rings is 1. The van der Waals surface area contributed by atoms with Crippen LogP contribution in [0, 0.1) is 5.82 Å². The summed E-state index contributed by atoms with van der Waals surface area (Å²) in [4.78, 5) is 1.86. The Balaban J connectivity index is 2.70. The smallest absolute Gasteiger partial charge is 0.127 e. The molecule has 90 valence electrons. The molecule has 0 spiro atoms. The third kappa shape index (κ3) is 3.27. The standard InChI is InChI=1S/C12H19FN2O/c1-9(14)12(8-16)15(2)7-10-5-3-4-6-11(10)13/h3-6,9,12,16H,7-8,14H2,1-2H3. The maximum atomic E-state index is 13.4. The summed E-state index contributed by atoms with van der Waals surface area (Å²) in [7, 11) is 1.83. The number of hydrogen-bond donors (Lipinski definition) is 2. The summed E-state index contributed by atoms with van der Waals surface area (Å²) in [5, 5.41) is 9.20. The largest absolute Gasteiger partial charge is 0.395 e.